The van der Waals surface area contributed by atoms with Crippen LogP contribution < -0.4 is 0 Å². The van der Waals surface area contributed by atoms with Crippen molar-refractivity contribution in [2.24, 2.45) is 0 Å². The highest BCUT2D eigenvalue weighted by Gasteiger charge is 2.20. The van der Waals surface area contributed by atoms with Crippen molar-refractivity contribution in [3.63, 3.8) is 0 Å². The Hall–Kier alpha value is -8.87. The maximum absolute atomic E-state index is 6.72. The van der Waals surface area contributed by atoms with Gasteiger partial charge in [0.15, 0.2) is 17.5 Å². The van der Waals surface area contributed by atoms with Crippen LogP contribution in [0.4, 0.5) is 0 Å². The Morgan fingerprint density at radius 2 is 0.862 bits per heavy atom. The van der Waals surface area contributed by atoms with Crippen molar-refractivity contribution in [1.82, 2.24) is 24.1 Å². The number of nitrogens with zero attached hydrogens (tertiary/aromatic N) is 5. The Morgan fingerprint density at radius 1 is 0.292 bits per heavy atom. The molecule has 0 radical (unpaired) electrons. The van der Waals surface area contributed by atoms with E-state index in [4.69, 9.17) is 19.4 Å². The van der Waals surface area contributed by atoms with Gasteiger partial charge in [0.2, 0.25) is 0 Å². The third kappa shape index (κ3) is 5.51. The number of hydrogen-bond acceptors (Lipinski definition) is 4. The number of benzene rings is 10. The summed E-state index contributed by atoms with van der Waals surface area (Å²) in [4.78, 5) is 15.4. The lowest BCUT2D eigenvalue weighted by Gasteiger charge is -2.11. The predicted octanol–water partition coefficient (Wildman–Crippen LogP) is 15.3. The summed E-state index contributed by atoms with van der Waals surface area (Å²) in [5, 5.41) is 11.7. The first kappa shape index (κ1) is 35.7. The van der Waals surface area contributed by atoms with Crippen LogP contribution in [0, 0.1) is 0 Å². The molecule has 0 saturated heterocycles. The monoisotopic (exact) mass is 829 g/mol. The van der Waals surface area contributed by atoms with Crippen LogP contribution in [0.25, 0.3) is 133 Å². The van der Waals surface area contributed by atoms with Gasteiger partial charge in [0.25, 0.3) is 0 Å². The molecule has 4 heterocycles. The van der Waals surface area contributed by atoms with Crippen LogP contribution in [0.5, 0.6) is 0 Å². The maximum Gasteiger partial charge on any atom is 0.164 e. The molecule has 6 heteroatoms. The molecule has 10 aromatic carbocycles. The van der Waals surface area contributed by atoms with Gasteiger partial charge in [-0.25, -0.2) is 15.0 Å². The first-order valence-electron chi connectivity index (χ1n) is 21.9. The van der Waals surface area contributed by atoms with Gasteiger partial charge in [-0.05, 0) is 106 Å². The molecule has 14 rings (SSSR count). The smallest absolute Gasteiger partial charge is 0.164 e. The third-order valence-electron chi connectivity index (χ3n) is 13.1. The highest BCUT2D eigenvalue weighted by atomic mass is 16.3. The fourth-order valence-electron chi connectivity index (χ4n) is 10.1. The minimum absolute atomic E-state index is 0.578. The topological polar surface area (TPSA) is 61.7 Å². The molecular formula is C59H35N5O. The molecule has 0 aliphatic heterocycles. The molecular weight excluding hydrogens is 795 g/mol. The van der Waals surface area contributed by atoms with Crippen LogP contribution in [-0.4, -0.2) is 24.1 Å². The summed E-state index contributed by atoms with van der Waals surface area (Å²) in [6, 6.07) is 75.1. The lowest BCUT2D eigenvalue weighted by atomic mass is 10.0. The molecule has 0 N–H and O–H groups in total. The number of hydrogen-bond donors (Lipinski definition) is 0. The van der Waals surface area contributed by atoms with E-state index in [-0.39, 0.29) is 0 Å². The Kier molecular flexibility index (Phi) is 7.59. The summed E-state index contributed by atoms with van der Waals surface area (Å²) in [5.74, 6) is 1.79. The van der Waals surface area contributed by atoms with Crippen LogP contribution in [0.3, 0.4) is 0 Å². The summed E-state index contributed by atoms with van der Waals surface area (Å²) in [7, 11) is 0. The van der Waals surface area contributed by atoms with E-state index < -0.39 is 0 Å². The van der Waals surface area contributed by atoms with E-state index >= 15 is 0 Å². The predicted molar refractivity (Wildman–Crippen MR) is 267 cm³/mol. The summed E-state index contributed by atoms with van der Waals surface area (Å²) >= 11 is 0. The number of fused-ring (bicyclic) bond motifs is 12. The minimum atomic E-state index is 0.578. The van der Waals surface area contributed by atoms with Crippen molar-refractivity contribution >= 4 is 87.1 Å². The fraction of sp³-hybridized carbons (Fsp3) is 0. The molecule has 0 saturated carbocycles. The van der Waals surface area contributed by atoms with Gasteiger partial charge in [-0.3, -0.25) is 0 Å². The Labute approximate surface area is 371 Å². The summed E-state index contributed by atoms with van der Waals surface area (Å²) in [6.45, 7) is 0. The highest BCUT2D eigenvalue weighted by molar-refractivity contribution is 6.20. The first-order chi connectivity index (χ1) is 32.2. The zero-order valence-corrected chi connectivity index (χ0v) is 34.9. The molecule has 14 aromatic rings. The quantitative estimate of drug-likeness (QED) is 0.173. The van der Waals surface area contributed by atoms with Crippen LogP contribution >= 0.6 is 0 Å². The van der Waals surface area contributed by atoms with Crippen LogP contribution in [-0.2, 0) is 0 Å². The molecule has 0 amide bonds. The molecule has 0 aliphatic rings. The van der Waals surface area contributed by atoms with Crippen molar-refractivity contribution in [3.05, 3.63) is 212 Å². The Morgan fingerprint density at radius 3 is 1.62 bits per heavy atom. The summed E-state index contributed by atoms with van der Waals surface area (Å²) in [6.07, 6.45) is 0. The average molecular weight is 830 g/mol. The molecule has 302 valence electrons. The number of rotatable bonds is 5. The maximum atomic E-state index is 6.72. The van der Waals surface area contributed by atoms with Gasteiger partial charge in [0.1, 0.15) is 11.2 Å². The zero-order valence-electron chi connectivity index (χ0n) is 34.9. The molecule has 0 spiro atoms. The standard InChI is InChI=1S/C59H35N5O/c1-3-13-37(14-4-1)57-60-58(40-25-29-52-48(32-40)44-19-9-11-21-50(44)63(52)42-17-5-2-6-18-42)62-59(61-57)41-24-28-46-55(34-41)65-54-30-26-36-23-27-43(35-47(36)56(46)54)64-51-22-12-10-20-45(51)49-31-38-15-7-8-16-39(38)33-53(49)64/h1-35H. The van der Waals surface area contributed by atoms with Crippen molar-refractivity contribution in [1.29, 1.82) is 0 Å². The number of para-hydroxylation sites is 3. The molecule has 65 heavy (non-hydrogen) atoms. The van der Waals surface area contributed by atoms with Gasteiger partial charge in [0, 0.05) is 60.4 Å². The summed E-state index contributed by atoms with van der Waals surface area (Å²) in [5.41, 5.74) is 11.1. The molecule has 0 atom stereocenters. The number of aromatic nitrogens is 5. The average Bonchev–Trinajstić information content (AvgIpc) is 4.03. The van der Waals surface area contributed by atoms with Gasteiger partial charge in [-0.2, -0.15) is 0 Å². The van der Waals surface area contributed by atoms with E-state index in [2.05, 4.69) is 191 Å². The first-order valence-corrected chi connectivity index (χ1v) is 21.9. The van der Waals surface area contributed by atoms with E-state index in [1.807, 2.05) is 30.3 Å². The molecule has 4 aromatic heterocycles. The van der Waals surface area contributed by atoms with E-state index in [9.17, 15) is 0 Å². The lowest BCUT2D eigenvalue weighted by molar-refractivity contribution is 0.669. The van der Waals surface area contributed by atoms with E-state index in [0.29, 0.717) is 17.5 Å². The van der Waals surface area contributed by atoms with Crippen molar-refractivity contribution < 1.29 is 4.42 Å². The largest absolute Gasteiger partial charge is 0.456 e. The lowest BCUT2D eigenvalue weighted by Crippen LogP contribution is -2.00. The van der Waals surface area contributed by atoms with Gasteiger partial charge in [-0.15, -0.1) is 0 Å². The van der Waals surface area contributed by atoms with Crippen molar-refractivity contribution in [3.8, 4) is 45.5 Å². The van der Waals surface area contributed by atoms with Crippen LogP contribution in [0.2, 0.25) is 0 Å². The summed E-state index contributed by atoms with van der Waals surface area (Å²) < 4.78 is 11.4. The molecule has 0 aliphatic carbocycles. The normalized spacial score (nSPS) is 12.0. The highest BCUT2D eigenvalue weighted by Crippen LogP contribution is 2.41. The number of furan rings is 1. The SMILES string of the molecule is c1ccc(-c2nc(-c3ccc4c(c3)oc3ccc5ccc(-n6c7ccccc7c7cc8ccccc8cc76)cc5c34)nc(-c3ccc4c(c3)c3ccccc3n4-c3ccccc3)n2)cc1. The zero-order chi connectivity index (χ0) is 42.6. The van der Waals surface area contributed by atoms with Crippen LogP contribution in [0.1, 0.15) is 0 Å². The second-order valence-corrected chi connectivity index (χ2v) is 16.8. The second kappa shape index (κ2) is 13.8. The van der Waals surface area contributed by atoms with Crippen molar-refractivity contribution in [2.45, 2.75) is 0 Å². The minimum Gasteiger partial charge on any atom is -0.456 e. The van der Waals surface area contributed by atoms with Gasteiger partial charge in [0.05, 0.1) is 22.1 Å². The van der Waals surface area contributed by atoms with Crippen molar-refractivity contribution in [2.75, 3.05) is 0 Å². The third-order valence-corrected chi connectivity index (χ3v) is 13.1. The molecule has 0 bridgehead atoms. The molecule has 6 nitrogen and oxygen atoms in total. The molecule has 0 fully saturated rings. The van der Waals surface area contributed by atoms with Gasteiger partial charge < -0.3 is 13.6 Å². The van der Waals surface area contributed by atoms with Gasteiger partial charge in [-0.1, -0.05) is 127 Å². The Balaban J connectivity index is 0.928. The fourth-order valence-corrected chi connectivity index (χ4v) is 10.1. The van der Waals surface area contributed by atoms with E-state index in [1.54, 1.807) is 0 Å². The molecule has 0 unspecified atom stereocenters. The Bertz CT molecular complexity index is 4240. The van der Waals surface area contributed by atoms with E-state index in [0.717, 1.165) is 77.2 Å². The second-order valence-electron chi connectivity index (χ2n) is 16.8. The van der Waals surface area contributed by atoms with Crippen LogP contribution in [0.15, 0.2) is 217 Å². The van der Waals surface area contributed by atoms with Gasteiger partial charge >= 0.3 is 0 Å². The van der Waals surface area contributed by atoms with E-state index in [1.165, 1.54) is 38.0 Å².